The van der Waals surface area contributed by atoms with Crippen molar-refractivity contribution in [2.45, 2.75) is 65.3 Å². The zero-order valence-corrected chi connectivity index (χ0v) is 13.5. The third kappa shape index (κ3) is 7.17. The molecule has 4 heteroatoms. The summed E-state index contributed by atoms with van der Waals surface area (Å²) in [5.74, 6) is 1.42. The summed E-state index contributed by atoms with van der Waals surface area (Å²) in [6.07, 6.45) is 6.49. The fourth-order valence-corrected chi connectivity index (χ4v) is 2.84. The van der Waals surface area contributed by atoms with Crippen LogP contribution in [0.5, 0.6) is 0 Å². The molecule has 3 atom stereocenters. The molecule has 1 saturated heterocycles. The lowest BCUT2D eigenvalue weighted by molar-refractivity contribution is -0.123. The standard InChI is InChI=1S/C15H30N2O.ClH/c1-4-7-14(5-2)17-15(18)10-12(3)13-8-6-9-16-11-13;/h12-14,16H,4-11H2,1-3H3,(H,17,18);1H. The van der Waals surface area contributed by atoms with Gasteiger partial charge in [0.15, 0.2) is 0 Å². The van der Waals surface area contributed by atoms with Gasteiger partial charge in [0, 0.05) is 12.5 Å². The molecule has 0 aliphatic carbocycles. The van der Waals surface area contributed by atoms with Crippen LogP contribution in [0.4, 0.5) is 0 Å². The Hall–Kier alpha value is -0.280. The van der Waals surface area contributed by atoms with Gasteiger partial charge in [-0.05, 0) is 50.6 Å². The minimum absolute atomic E-state index is 0. The number of hydrogen-bond donors (Lipinski definition) is 2. The first-order chi connectivity index (χ1) is 8.67. The molecule has 1 rings (SSSR count). The van der Waals surface area contributed by atoms with Crippen molar-refractivity contribution in [1.29, 1.82) is 0 Å². The van der Waals surface area contributed by atoms with E-state index in [1.807, 2.05) is 0 Å². The van der Waals surface area contributed by atoms with Crippen molar-refractivity contribution >= 4 is 18.3 Å². The normalized spacial score (nSPS) is 22.2. The van der Waals surface area contributed by atoms with Crippen LogP contribution in [0.3, 0.4) is 0 Å². The number of piperidine rings is 1. The van der Waals surface area contributed by atoms with Crippen LogP contribution in [0.2, 0.25) is 0 Å². The smallest absolute Gasteiger partial charge is 0.220 e. The fourth-order valence-electron chi connectivity index (χ4n) is 2.84. The molecule has 0 aromatic carbocycles. The highest BCUT2D eigenvalue weighted by molar-refractivity contribution is 5.85. The molecule has 19 heavy (non-hydrogen) atoms. The van der Waals surface area contributed by atoms with Gasteiger partial charge in [-0.15, -0.1) is 12.4 Å². The molecule has 0 radical (unpaired) electrons. The predicted octanol–water partition coefficient (Wildman–Crippen LogP) is 3.13. The zero-order chi connectivity index (χ0) is 13.4. The first-order valence-electron chi connectivity index (χ1n) is 7.67. The SMILES string of the molecule is CCCC(CC)NC(=O)CC(C)C1CCCNC1.Cl. The van der Waals surface area contributed by atoms with Gasteiger partial charge in [0.1, 0.15) is 0 Å². The molecular formula is C15H31ClN2O. The number of nitrogens with one attached hydrogen (secondary N) is 2. The van der Waals surface area contributed by atoms with E-state index >= 15 is 0 Å². The summed E-state index contributed by atoms with van der Waals surface area (Å²) in [5, 5.41) is 6.61. The zero-order valence-electron chi connectivity index (χ0n) is 12.7. The highest BCUT2D eigenvalue weighted by atomic mass is 35.5. The van der Waals surface area contributed by atoms with Crippen LogP contribution < -0.4 is 10.6 Å². The molecule has 3 unspecified atom stereocenters. The van der Waals surface area contributed by atoms with E-state index in [0.29, 0.717) is 24.3 Å². The van der Waals surface area contributed by atoms with Gasteiger partial charge in [0.25, 0.3) is 0 Å². The van der Waals surface area contributed by atoms with Gasteiger partial charge in [0.2, 0.25) is 5.91 Å². The first-order valence-corrected chi connectivity index (χ1v) is 7.67. The van der Waals surface area contributed by atoms with E-state index < -0.39 is 0 Å². The molecule has 1 aliphatic heterocycles. The molecule has 0 aromatic rings. The number of hydrogen-bond acceptors (Lipinski definition) is 2. The predicted molar refractivity (Wildman–Crippen MR) is 83.8 cm³/mol. The van der Waals surface area contributed by atoms with E-state index in [4.69, 9.17) is 0 Å². The van der Waals surface area contributed by atoms with Crippen LogP contribution in [0.15, 0.2) is 0 Å². The molecular weight excluding hydrogens is 260 g/mol. The van der Waals surface area contributed by atoms with Crippen LogP contribution >= 0.6 is 12.4 Å². The van der Waals surface area contributed by atoms with E-state index in [0.717, 1.165) is 32.4 Å². The highest BCUT2D eigenvalue weighted by Gasteiger charge is 2.22. The van der Waals surface area contributed by atoms with E-state index in [2.05, 4.69) is 31.4 Å². The number of carbonyl (C=O) groups excluding carboxylic acids is 1. The van der Waals surface area contributed by atoms with E-state index in [1.165, 1.54) is 12.8 Å². The van der Waals surface area contributed by atoms with Crippen LogP contribution in [0, 0.1) is 11.8 Å². The molecule has 114 valence electrons. The van der Waals surface area contributed by atoms with Crippen molar-refractivity contribution in [3.8, 4) is 0 Å². The summed E-state index contributed by atoms with van der Waals surface area (Å²) in [6, 6.07) is 0.374. The Kier molecular flexibility index (Phi) is 10.3. The summed E-state index contributed by atoms with van der Waals surface area (Å²) >= 11 is 0. The van der Waals surface area contributed by atoms with E-state index in [-0.39, 0.29) is 18.3 Å². The Morgan fingerprint density at radius 2 is 2.16 bits per heavy atom. The Bertz CT molecular complexity index is 242. The molecule has 0 aromatic heterocycles. The van der Waals surface area contributed by atoms with Crippen molar-refractivity contribution < 1.29 is 4.79 Å². The topological polar surface area (TPSA) is 41.1 Å². The van der Waals surface area contributed by atoms with E-state index in [9.17, 15) is 4.79 Å². The van der Waals surface area contributed by atoms with Crippen molar-refractivity contribution in [3.05, 3.63) is 0 Å². The van der Waals surface area contributed by atoms with Gasteiger partial charge in [-0.2, -0.15) is 0 Å². The molecule has 3 nitrogen and oxygen atoms in total. The summed E-state index contributed by atoms with van der Waals surface area (Å²) in [7, 11) is 0. The molecule has 2 N–H and O–H groups in total. The number of rotatable bonds is 7. The summed E-state index contributed by atoms with van der Waals surface area (Å²) in [4.78, 5) is 12.0. The van der Waals surface area contributed by atoms with E-state index in [1.54, 1.807) is 0 Å². The van der Waals surface area contributed by atoms with Crippen molar-refractivity contribution in [1.82, 2.24) is 10.6 Å². The third-order valence-corrected chi connectivity index (χ3v) is 4.14. The lowest BCUT2D eigenvalue weighted by Crippen LogP contribution is -2.38. The van der Waals surface area contributed by atoms with Gasteiger partial charge in [-0.3, -0.25) is 4.79 Å². The fraction of sp³-hybridized carbons (Fsp3) is 0.933. The molecule has 1 heterocycles. The van der Waals surface area contributed by atoms with Gasteiger partial charge in [0.05, 0.1) is 0 Å². The minimum Gasteiger partial charge on any atom is -0.353 e. The molecule has 0 spiro atoms. The summed E-state index contributed by atoms with van der Waals surface area (Å²) < 4.78 is 0. The second-order valence-corrected chi connectivity index (χ2v) is 5.75. The highest BCUT2D eigenvalue weighted by Crippen LogP contribution is 2.22. The van der Waals surface area contributed by atoms with Crippen molar-refractivity contribution in [2.24, 2.45) is 11.8 Å². The average Bonchev–Trinajstić information content (AvgIpc) is 2.39. The van der Waals surface area contributed by atoms with Crippen molar-refractivity contribution in [3.63, 3.8) is 0 Å². The van der Waals surface area contributed by atoms with Crippen LogP contribution in [0.25, 0.3) is 0 Å². The number of amides is 1. The first kappa shape index (κ1) is 18.7. The Labute approximate surface area is 124 Å². The number of carbonyl (C=O) groups is 1. The summed E-state index contributed by atoms with van der Waals surface area (Å²) in [6.45, 7) is 8.77. The third-order valence-electron chi connectivity index (χ3n) is 4.14. The summed E-state index contributed by atoms with van der Waals surface area (Å²) in [5.41, 5.74) is 0. The van der Waals surface area contributed by atoms with Crippen LogP contribution in [0.1, 0.15) is 59.3 Å². The maximum atomic E-state index is 12.0. The van der Waals surface area contributed by atoms with Gasteiger partial charge >= 0.3 is 0 Å². The largest absolute Gasteiger partial charge is 0.353 e. The Balaban J connectivity index is 0.00000324. The maximum absolute atomic E-state index is 12.0. The molecule has 1 aliphatic rings. The molecule has 0 bridgehead atoms. The monoisotopic (exact) mass is 290 g/mol. The van der Waals surface area contributed by atoms with Gasteiger partial charge in [-0.1, -0.05) is 27.2 Å². The lowest BCUT2D eigenvalue weighted by Gasteiger charge is -2.28. The average molecular weight is 291 g/mol. The Morgan fingerprint density at radius 1 is 1.42 bits per heavy atom. The second-order valence-electron chi connectivity index (χ2n) is 5.75. The lowest BCUT2D eigenvalue weighted by atomic mass is 9.85. The second kappa shape index (κ2) is 10.5. The Morgan fingerprint density at radius 3 is 2.68 bits per heavy atom. The molecule has 1 fully saturated rings. The van der Waals surface area contributed by atoms with Crippen LogP contribution in [-0.4, -0.2) is 25.0 Å². The number of halogens is 1. The maximum Gasteiger partial charge on any atom is 0.220 e. The quantitative estimate of drug-likeness (QED) is 0.756. The van der Waals surface area contributed by atoms with Crippen molar-refractivity contribution in [2.75, 3.05) is 13.1 Å². The van der Waals surface area contributed by atoms with Gasteiger partial charge in [-0.25, -0.2) is 0 Å². The van der Waals surface area contributed by atoms with Gasteiger partial charge < -0.3 is 10.6 Å². The van der Waals surface area contributed by atoms with Crippen LogP contribution in [-0.2, 0) is 4.79 Å². The molecule has 0 saturated carbocycles. The molecule has 1 amide bonds. The minimum atomic E-state index is 0.